The third-order valence-corrected chi connectivity index (χ3v) is 7.32. The van der Waals surface area contributed by atoms with Gasteiger partial charge in [0.1, 0.15) is 28.6 Å². The number of carbonyl (C=O) groups excluding carboxylic acids is 2. The monoisotopic (exact) mass is 746 g/mol. The fourth-order valence-corrected chi connectivity index (χ4v) is 5.24. The van der Waals surface area contributed by atoms with Crippen molar-refractivity contribution in [2.45, 2.75) is 51.0 Å². The number of carbonyl (C=O) groups is 2. The topological polar surface area (TPSA) is 206 Å². The van der Waals surface area contributed by atoms with Gasteiger partial charge in [0.15, 0.2) is 0 Å². The second kappa shape index (κ2) is 28.3. The first kappa shape index (κ1) is 49.8. The zero-order valence-corrected chi connectivity index (χ0v) is 35.5. The molecular weight excluding hydrogens is 699 g/mol. The molecule has 1 aliphatic heterocycles. The molecule has 1 aliphatic carbocycles. The Kier molecular flexibility index (Phi) is 30.0. The first-order chi connectivity index (χ1) is 21.4. The van der Waals surface area contributed by atoms with Crippen LogP contribution in [-0.2, 0) is 52.5 Å². The fourth-order valence-electron chi connectivity index (χ4n) is 4.87. The maximum absolute atomic E-state index is 11.7. The predicted octanol–water partition coefficient (Wildman–Crippen LogP) is -4.66. The molecule has 1 fully saturated rings. The zero-order chi connectivity index (χ0) is 33.7. The Hall–Kier alpha value is 0.703. The van der Waals surface area contributed by atoms with Gasteiger partial charge in [0, 0.05) is 62.7 Å². The second-order valence-electron chi connectivity index (χ2n) is 10.6. The smallest absolute Gasteiger partial charge is 1.00 e. The van der Waals surface area contributed by atoms with Crippen molar-refractivity contribution in [1.82, 2.24) is 0 Å². The molecule has 2 aliphatic rings. The first-order valence-electron chi connectivity index (χ1n) is 14.5. The molecule has 0 radical (unpaired) electrons. The largest absolute Gasteiger partial charge is 1.00 e. The molecule has 262 valence electrons. The van der Waals surface area contributed by atoms with Crippen LogP contribution in [0.25, 0.3) is 0 Å². The SMILES string of the molecule is CC1(C)Oc2cc(O)cc(O)c2[C@@H]2CC(=O)CC[C@H]21.COCCCOCCOCCOCCOCCOS(C)(=O)=O.O=CO[O-].[H-].[K+].[K+]. The van der Waals surface area contributed by atoms with E-state index in [0.717, 1.165) is 19.1 Å². The van der Waals surface area contributed by atoms with Crippen LogP contribution in [0.15, 0.2) is 12.1 Å². The normalized spacial score (nSPS) is 17.4. The summed E-state index contributed by atoms with van der Waals surface area (Å²) < 4.78 is 57.7. The summed E-state index contributed by atoms with van der Waals surface area (Å²) in [6.07, 6.45) is 3.71. The van der Waals surface area contributed by atoms with Crippen molar-refractivity contribution in [3.63, 3.8) is 0 Å². The Labute approximate surface area is 364 Å². The maximum atomic E-state index is 11.7. The number of benzene rings is 1. The van der Waals surface area contributed by atoms with Crippen LogP contribution in [0.4, 0.5) is 0 Å². The Bertz CT molecular complexity index is 1110. The molecule has 2 atom stereocenters. The number of Topliss-reactive ketones (excluding diaryl/α,β-unsaturated/α-hetero) is 1. The molecule has 47 heavy (non-hydrogen) atoms. The van der Waals surface area contributed by atoms with E-state index in [1.807, 2.05) is 13.8 Å². The summed E-state index contributed by atoms with van der Waals surface area (Å²) in [6, 6.07) is 2.84. The van der Waals surface area contributed by atoms with E-state index in [1.165, 1.54) is 12.1 Å². The van der Waals surface area contributed by atoms with E-state index in [-0.39, 0.29) is 153 Å². The number of aromatic hydroxyl groups is 2. The molecule has 1 heterocycles. The number of ether oxygens (including phenoxy) is 6. The van der Waals surface area contributed by atoms with E-state index in [2.05, 4.69) is 9.07 Å². The molecule has 0 aromatic heterocycles. The molecule has 15 nitrogen and oxygen atoms in total. The molecule has 0 spiro atoms. The summed E-state index contributed by atoms with van der Waals surface area (Å²) in [7, 11) is -1.72. The summed E-state index contributed by atoms with van der Waals surface area (Å²) in [5, 5.41) is 28.1. The Balaban J connectivity index is -0.000000720. The number of hydrogen-bond acceptors (Lipinski definition) is 15. The Morgan fingerprint density at radius 1 is 0.957 bits per heavy atom. The van der Waals surface area contributed by atoms with E-state index in [9.17, 15) is 23.4 Å². The molecule has 0 saturated heterocycles. The van der Waals surface area contributed by atoms with Gasteiger partial charge in [0.2, 0.25) is 0 Å². The summed E-state index contributed by atoms with van der Waals surface area (Å²) in [4.78, 5) is 23.0. The third kappa shape index (κ3) is 22.3. The van der Waals surface area contributed by atoms with Gasteiger partial charge in [0.25, 0.3) is 16.6 Å². The van der Waals surface area contributed by atoms with Gasteiger partial charge in [0.05, 0.1) is 59.1 Å². The average Bonchev–Trinajstić information content (AvgIpc) is 2.96. The van der Waals surface area contributed by atoms with Gasteiger partial charge >= 0.3 is 103 Å². The zero-order valence-electron chi connectivity index (χ0n) is 29.4. The minimum absolute atomic E-state index is 0. The molecular formula is C29H48K2O15S. The fraction of sp³-hybridized carbons (Fsp3) is 0.724. The summed E-state index contributed by atoms with van der Waals surface area (Å²) in [5.41, 5.74) is 0.286. The molecule has 18 heteroatoms. The summed E-state index contributed by atoms with van der Waals surface area (Å²) in [5.74, 6) is 0.937. The number of ketones is 1. The third-order valence-electron chi connectivity index (χ3n) is 6.73. The van der Waals surface area contributed by atoms with Crippen molar-refractivity contribution in [1.29, 1.82) is 0 Å². The number of methoxy groups -OCH3 is 1. The van der Waals surface area contributed by atoms with Gasteiger partial charge in [-0.3, -0.25) is 13.8 Å². The second-order valence-corrected chi connectivity index (χ2v) is 12.2. The van der Waals surface area contributed by atoms with E-state index < -0.39 is 15.7 Å². The van der Waals surface area contributed by atoms with Crippen molar-refractivity contribution in [3.05, 3.63) is 17.7 Å². The number of phenolic OH excluding ortho intramolecular Hbond substituents is 2. The van der Waals surface area contributed by atoms with E-state index in [0.29, 0.717) is 77.0 Å². The van der Waals surface area contributed by atoms with Gasteiger partial charge in [-0.15, -0.1) is 0 Å². The molecule has 0 amide bonds. The molecule has 1 aromatic rings. The van der Waals surface area contributed by atoms with Crippen molar-refractivity contribution in [2.24, 2.45) is 5.92 Å². The van der Waals surface area contributed by atoms with Crippen LogP contribution in [0.3, 0.4) is 0 Å². The van der Waals surface area contributed by atoms with E-state index in [1.54, 1.807) is 7.11 Å². The van der Waals surface area contributed by atoms with Gasteiger partial charge < -0.3 is 50.2 Å². The summed E-state index contributed by atoms with van der Waals surface area (Å²) >= 11 is 0. The van der Waals surface area contributed by atoms with Crippen molar-refractivity contribution in [3.8, 4) is 17.2 Å². The van der Waals surface area contributed by atoms with Crippen LogP contribution in [0.1, 0.15) is 52.4 Å². The standard InChI is InChI=1S/C15H18O4.C13H28O8S.CH2O3.2K.H/c1-15(2)11-4-3-8(16)5-10(11)14-12(18)6-9(17)7-13(14)19-15;1-16-4-3-5-17-6-7-18-8-9-19-10-11-20-12-13-21-22(2,14)15;2-1-4-3;;;/h6-7,10-11,17-18H,3-5H2,1-2H3;3-13H2,1-2H3;1,3H;;;/q;;;2*+1;-1/p-1/t10-,11-;;;;;/m1...../s1. The van der Waals surface area contributed by atoms with Crippen molar-refractivity contribution < 1.29 is 175 Å². The van der Waals surface area contributed by atoms with Crippen LogP contribution in [-0.4, -0.2) is 116 Å². The first-order valence-corrected chi connectivity index (χ1v) is 16.3. The van der Waals surface area contributed by atoms with Gasteiger partial charge in [-0.1, -0.05) is 0 Å². The molecule has 2 N–H and O–H groups in total. The van der Waals surface area contributed by atoms with E-state index in [4.69, 9.17) is 38.5 Å². The van der Waals surface area contributed by atoms with Crippen molar-refractivity contribution >= 4 is 22.4 Å². The van der Waals surface area contributed by atoms with Crippen LogP contribution < -0.4 is 113 Å². The maximum Gasteiger partial charge on any atom is 1.00 e. The van der Waals surface area contributed by atoms with Gasteiger partial charge in [-0.25, -0.2) is 0 Å². The van der Waals surface area contributed by atoms with E-state index >= 15 is 0 Å². The van der Waals surface area contributed by atoms with Crippen molar-refractivity contribution in [2.75, 3.05) is 79.4 Å². The average molecular weight is 747 g/mol. The minimum atomic E-state index is -3.39. The number of hydrogen-bond donors (Lipinski definition) is 2. The molecule has 1 saturated carbocycles. The molecule has 0 bridgehead atoms. The quantitative estimate of drug-likeness (QED) is 0.0362. The van der Waals surface area contributed by atoms with Crippen LogP contribution in [0.5, 0.6) is 17.2 Å². The van der Waals surface area contributed by atoms with Gasteiger partial charge in [-0.2, -0.15) is 8.42 Å². The molecule has 1 aromatic carbocycles. The Morgan fingerprint density at radius 2 is 1.47 bits per heavy atom. The summed E-state index contributed by atoms with van der Waals surface area (Å²) in [6.45, 7) is 8.33. The van der Waals surface area contributed by atoms with Crippen LogP contribution in [0, 0.1) is 5.92 Å². The van der Waals surface area contributed by atoms with Crippen LogP contribution >= 0.6 is 0 Å². The number of rotatable bonds is 18. The number of phenols is 2. The van der Waals surface area contributed by atoms with Crippen LogP contribution in [0.2, 0.25) is 0 Å². The Morgan fingerprint density at radius 3 is 1.96 bits per heavy atom. The molecule has 0 unspecified atom stereocenters. The molecule has 3 rings (SSSR count). The predicted molar refractivity (Wildman–Crippen MR) is 158 cm³/mol. The van der Waals surface area contributed by atoms with Gasteiger partial charge in [-0.05, 0) is 26.7 Å². The number of fused-ring (bicyclic) bond motifs is 3. The minimum Gasteiger partial charge on any atom is -1.00 e.